The quantitative estimate of drug-likeness (QED) is 0.611. The minimum atomic E-state index is -0.974. The highest BCUT2D eigenvalue weighted by molar-refractivity contribution is 5.82. The second-order valence-electron chi connectivity index (χ2n) is 3.57. The van der Waals surface area contributed by atoms with Gasteiger partial charge < -0.3 is 15.7 Å². The van der Waals surface area contributed by atoms with Gasteiger partial charge in [0.05, 0.1) is 0 Å². The lowest BCUT2D eigenvalue weighted by molar-refractivity contribution is -0.139. The van der Waals surface area contributed by atoms with Crippen LogP contribution in [0.15, 0.2) is 0 Å². The maximum absolute atomic E-state index is 11.2. The molecule has 1 saturated carbocycles. The Bertz CT molecular complexity index is 226. The molecule has 0 spiro atoms. The molecule has 0 saturated heterocycles. The summed E-state index contributed by atoms with van der Waals surface area (Å²) in [6.07, 6.45) is 3.20. The number of carbonyl (C=O) groups excluding carboxylic acids is 1. The van der Waals surface area contributed by atoms with Gasteiger partial charge in [-0.3, -0.25) is 0 Å². The summed E-state index contributed by atoms with van der Waals surface area (Å²) in [7, 11) is 0. The maximum atomic E-state index is 11.2. The van der Waals surface area contributed by atoms with Gasteiger partial charge in [0.25, 0.3) is 0 Å². The average Bonchev–Trinajstić information content (AvgIpc) is 2.87. The first-order valence-corrected chi connectivity index (χ1v) is 4.93. The first-order valence-electron chi connectivity index (χ1n) is 4.93. The second-order valence-corrected chi connectivity index (χ2v) is 3.57. The maximum Gasteiger partial charge on any atom is 0.326 e. The minimum absolute atomic E-state index is 0.256. The predicted molar refractivity (Wildman–Crippen MR) is 51.0 cm³/mol. The van der Waals surface area contributed by atoms with E-state index in [0.29, 0.717) is 6.42 Å². The molecule has 3 N–H and O–H groups in total. The number of carboxylic acid groups (broad SMARTS) is 1. The van der Waals surface area contributed by atoms with Crippen LogP contribution in [0.5, 0.6) is 0 Å². The Balaban J connectivity index is 2.29. The normalized spacial score (nSPS) is 17.2. The fourth-order valence-electron chi connectivity index (χ4n) is 1.16. The highest BCUT2D eigenvalue weighted by Gasteiger charge is 2.25. The molecule has 2 amide bonds. The van der Waals surface area contributed by atoms with Crippen molar-refractivity contribution in [2.75, 3.05) is 0 Å². The van der Waals surface area contributed by atoms with Crippen molar-refractivity contribution in [3.63, 3.8) is 0 Å². The van der Waals surface area contributed by atoms with Crippen LogP contribution in [0.25, 0.3) is 0 Å². The topological polar surface area (TPSA) is 78.4 Å². The van der Waals surface area contributed by atoms with Crippen LogP contribution in [0.2, 0.25) is 0 Å². The Morgan fingerprint density at radius 1 is 1.50 bits per heavy atom. The smallest absolute Gasteiger partial charge is 0.326 e. The van der Waals surface area contributed by atoms with E-state index in [4.69, 9.17) is 5.11 Å². The van der Waals surface area contributed by atoms with Crippen molar-refractivity contribution in [3.05, 3.63) is 0 Å². The van der Waals surface area contributed by atoms with E-state index in [2.05, 4.69) is 10.6 Å². The van der Waals surface area contributed by atoms with Gasteiger partial charge >= 0.3 is 12.0 Å². The molecular formula is C9H16N2O3. The van der Waals surface area contributed by atoms with Gasteiger partial charge in [0.15, 0.2) is 0 Å². The van der Waals surface area contributed by atoms with Crippen molar-refractivity contribution in [1.82, 2.24) is 10.6 Å². The van der Waals surface area contributed by atoms with Crippen molar-refractivity contribution in [3.8, 4) is 0 Å². The SMILES string of the molecule is CCC[C@@H](NC(=O)NC1CC1)C(=O)O. The molecule has 0 unspecified atom stereocenters. The Kier molecular flexibility index (Phi) is 3.73. The summed E-state index contributed by atoms with van der Waals surface area (Å²) in [6.45, 7) is 1.89. The summed E-state index contributed by atoms with van der Waals surface area (Å²) in [5.41, 5.74) is 0. The number of aliphatic carboxylic acids is 1. The zero-order chi connectivity index (χ0) is 10.6. The minimum Gasteiger partial charge on any atom is -0.480 e. The third-order valence-corrected chi connectivity index (χ3v) is 2.09. The van der Waals surface area contributed by atoms with Crippen molar-refractivity contribution in [2.45, 2.75) is 44.7 Å². The van der Waals surface area contributed by atoms with Gasteiger partial charge in [-0.2, -0.15) is 0 Å². The zero-order valence-corrected chi connectivity index (χ0v) is 8.25. The number of hydrogen-bond donors (Lipinski definition) is 3. The number of urea groups is 1. The first-order chi connectivity index (χ1) is 6.63. The van der Waals surface area contributed by atoms with E-state index in [1.165, 1.54) is 0 Å². The molecule has 5 nitrogen and oxygen atoms in total. The third-order valence-electron chi connectivity index (χ3n) is 2.09. The van der Waals surface area contributed by atoms with E-state index >= 15 is 0 Å². The fraction of sp³-hybridized carbons (Fsp3) is 0.778. The molecule has 1 atom stereocenters. The van der Waals surface area contributed by atoms with Crippen LogP contribution < -0.4 is 10.6 Å². The van der Waals surface area contributed by atoms with Crippen LogP contribution in [0.3, 0.4) is 0 Å². The van der Waals surface area contributed by atoms with E-state index < -0.39 is 12.0 Å². The largest absolute Gasteiger partial charge is 0.480 e. The molecule has 0 radical (unpaired) electrons. The molecule has 0 bridgehead atoms. The Labute approximate surface area is 82.9 Å². The molecule has 14 heavy (non-hydrogen) atoms. The van der Waals surface area contributed by atoms with E-state index in [1.807, 2.05) is 6.92 Å². The van der Waals surface area contributed by atoms with E-state index in [0.717, 1.165) is 19.3 Å². The predicted octanol–water partition coefficient (Wildman–Crippen LogP) is 0.701. The molecule has 5 heteroatoms. The van der Waals surface area contributed by atoms with Gasteiger partial charge in [-0.1, -0.05) is 13.3 Å². The van der Waals surface area contributed by atoms with Gasteiger partial charge in [-0.15, -0.1) is 0 Å². The second kappa shape index (κ2) is 4.83. The van der Waals surface area contributed by atoms with Crippen LogP contribution in [0.1, 0.15) is 32.6 Å². The Morgan fingerprint density at radius 2 is 2.14 bits per heavy atom. The number of hydrogen-bond acceptors (Lipinski definition) is 2. The first kappa shape index (κ1) is 10.8. The van der Waals surface area contributed by atoms with Crippen molar-refractivity contribution in [2.24, 2.45) is 0 Å². The van der Waals surface area contributed by atoms with Crippen molar-refractivity contribution >= 4 is 12.0 Å². The number of rotatable bonds is 5. The summed E-state index contributed by atoms with van der Waals surface area (Å²) >= 11 is 0. The molecule has 0 heterocycles. The number of carbonyl (C=O) groups is 2. The average molecular weight is 200 g/mol. The van der Waals surface area contributed by atoms with E-state index in [1.54, 1.807) is 0 Å². The van der Waals surface area contributed by atoms with Crippen LogP contribution in [0, 0.1) is 0 Å². The Hall–Kier alpha value is -1.26. The summed E-state index contributed by atoms with van der Waals surface area (Å²) in [5, 5.41) is 13.9. The van der Waals surface area contributed by atoms with Crippen molar-refractivity contribution in [1.29, 1.82) is 0 Å². The lowest BCUT2D eigenvalue weighted by Crippen LogP contribution is -2.46. The van der Waals surface area contributed by atoms with Crippen LogP contribution in [-0.4, -0.2) is 29.2 Å². The van der Waals surface area contributed by atoms with Crippen molar-refractivity contribution < 1.29 is 14.7 Å². The molecule has 0 aliphatic heterocycles. The van der Waals surface area contributed by atoms with Crippen LogP contribution >= 0.6 is 0 Å². The molecular weight excluding hydrogens is 184 g/mol. The standard InChI is InChI=1S/C9H16N2O3/c1-2-3-7(8(12)13)11-9(14)10-6-4-5-6/h6-7H,2-5H2,1H3,(H,12,13)(H2,10,11,14)/t7-/m1/s1. The number of nitrogens with one attached hydrogen (secondary N) is 2. The van der Waals surface area contributed by atoms with Crippen LogP contribution in [0.4, 0.5) is 4.79 Å². The van der Waals surface area contributed by atoms with Gasteiger partial charge in [-0.05, 0) is 19.3 Å². The van der Waals surface area contributed by atoms with E-state index in [-0.39, 0.29) is 12.1 Å². The van der Waals surface area contributed by atoms with E-state index in [9.17, 15) is 9.59 Å². The lowest BCUT2D eigenvalue weighted by Gasteiger charge is -2.13. The highest BCUT2D eigenvalue weighted by Crippen LogP contribution is 2.18. The molecule has 1 rings (SSSR count). The van der Waals surface area contributed by atoms with Crippen LogP contribution in [-0.2, 0) is 4.79 Å². The number of amides is 2. The summed E-state index contributed by atoms with van der Waals surface area (Å²) < 4.78 is 0. The molecule has 0 aromatic carbocycles. The summed E-state index contributed by atoms with van der Waals surface area (Å²) in [4.78, 5) is 21.9. The molecule has 1 fully saturated rings. The number of carboxylic acids is 1. The fourth-order valence-corrected chi connectivity index (χ4v) is 1.16. The van der Waals surface area contributed by atoms with Gasteiger partial charge in [0, 0.05) is 6.04 Å². The molecule has 0 aromatic heterocycles. The molecule has 0 aromatic rings. The lowest BCUT2D eigenvalue weighted by atomic mass is 10.2. The molecule has 1 aliphatic carbocycles. The molecule has 80 valence electrons. The highest BCUT2D eigenvalue weighted by atomic mass is 16.4. The monoisotopic (exact) mass is 200 g/mol. The summed E-state index contributed by atoms with van der Waals surface area (Å²) in [5.74, 6) is -0.974. The third kappa shape index (κ3) is 3.64. The van der Waals surface area contributed by atoms with Gasteiger partial charge in [-0.25, -0.2) is 9.59 Å². The van der Waals surface area contributed by atoms with Gasteiger partial charge in [0.2, 0.25) is 0 Å². The van der Waals surface area contributed by atoms with Gasteiger partial charge in [0.1, 0.15) is 6.04 Å². The molecule has 1 aliphatic rings. The summed E-state index contributed by atoms with van der Waals surface area (Å²) in [6, 6.07) is -0.877. The zero-order valence-electron chi connectivity index (χ0n) is 8.25. The Morgan fingerprint density at radius 3 is 2.57 bits per heavy atom.